The van der Waals surface area contributed by atoms with Crippen molar-refractivity contribution in [1.82, 2.24) is 24.6 Å². The zero-order valence-electron chi connectivity index (χ0n) is 15.2. The number of nitrogens with zero attached hydrogens (tertiary/aromatic N) is 4. The van der Waals surface area contributed by atoms with Gasteiger partial charge in [-0.15, -0.1) is 0 Å². The standard InChI is InChI=1S/C19H19F2N5O2/c1-11-9-14(24-23-11)19(28)25-8-4-7-15(25)17-22-13-6-3-2-5-12(13)18(27)26(17)10-16(20)21/h2-3,5-6,9,15-16H,4,7-8,10H2,1H3,(H,23,24). The van der Waals surface area contributed by atoms with Gasteiger partial charge in [0, 0.05) is 12.2 Å². The molecule has 0 bridgehead atoms. The van der Waals surface area contributed by atoms with Gasteiger partial charge in [0.25, 0.3) is 17.9 Å². The van der Waals surface area contributed by atoms with Crippen LogP contribution < -0.4 is 5.56 Å². The summed E-state index contributed by atoms with van der Waals surface area (Å²) in [5.41, 5.74) is 0.921. The van der Waals surface area contributed by atoms with E-state index in [0.717, 1.165) is 10.3 Å². The molecule has 1 aliphatic rings. The summed E-state index contributed by atoms with van der Waals surface area (Å²) < 4.78 is 27.4. The molecule has 0 saturated carbocycles. The Morgan fingerprint density at radius 3 is 2.86 bits per heavy atom. The molecule has 1 atom stereocenters. The Labute approximate surface area is 159 Å². The van der Waals surface area contributed by atoms with Crippen LogP contribution in [0.25, 0.3) is 10.9 Å². The number of fused-ring (bicyclic) bond motifs is 1. The molecule has 1 fully saturated rings. The maximum absolute atomic E-state index is 13.2. The van der Waals surface area contributed by atoms with Crippen molar-refractivity contribution in [3.63, 3.8) is 0 Å². The number of alkyl halides is 2. The summed E-state index contributed by atoms with van der Waals surface area (Å²) in [5.74, 6) is -0.111. The predicted molar refractivity (Wildman–Crippen MR) is 98.3 cm³/mol. The predicted octanol–water partition coefficient (Wildman–Crippen LogP) is 2.67. The minimum Gasteiger partial charge on any atom is -0.327 e. The number of amides is 1. The molecular weight excluding hydrogens is 368 g/mol. The number of para-hydroxylation sites is 1. The van der Waals surface area contributed by atoms with Crippen LogP contribution in [-0.4, -0.2) is 43.5 Å². The second-order valence-corrected chi connectivity index (χ2v) is 6.89. The number of aromatic amines is 1. The monoisotopic (exact) mass is 387 g/mol. The molecule has 0 radical (unpaired) electrons. The molecule has 3 aromatic rings. The van der Waals surface area contributed by atoms with Gasteiger partial charge in [0.05, 0.1) is 23.5 Å². The lowest BCUT2D eigenvalue weighted by molar-refractivity contribution is 0.0714. The van der Waals surface area contributed by atoms with E-state index < -0.39 is 24.6 Å². The molecule has 3 heterocycles. The van der Waals surface area contributed by atoms with Crippen LogP contribution in [0.5, 0.6) is 0 Å². The number of aromatic nitrogens is 4. The maximum Gasteiger partial charge on any atom is 0.274 e. The molecular formula is C19H19F2N5O2. The lowest BCUT2D eigenvalue weighted by Crippen LogP contribution is -2.36. The SMILES string of the molecule is Cc1cc(C(=O)N2CCCC2c2nc3ccccc3c(=O)n2CC(F)F)n[nH]1. The Morgan fingerprint density at radius 1 is 1.36 bits per heavy atom. The van der Waals surface area contributed by atoms with Crippen molar-refractivity contribution in [3.8, 4) is 0 Å². The van der Waals surface area contributed by atoms with Gasteiger partial charge in [-0.25, -0.2) is 13.8 Å². The second kappa shape index (κ2) is 7.14. The third-order valence-corrected chi connectivity index (χ3v) is 4.95. The smallest absolute Gasteiger partial charge is 0.274 e. The summed E-state index contributed by atoms with van der Waals surface area (Å²) in [6, 6.07) is 7.73. The van der Waals surface area contributed by atoms with Crippen molar-refractivity contribution in [3.05, 3.63) is 57.9 Å². The lowest BCUT2D eigenvalue weighted by Gasteiger charge is -2.26. The average molecular weight is 387 g/mol. The Bertz CT molecular complexity index is 1090. The van der Waals surface area contributed by atoms with Crippen LogP contribution in [0.2, 0.25) is 0 Å². The van der Waals surface area contributed by atoms with Crippen LogP contribution in [0.4, 0.5) is 8.78 Å². The molecule has 1 amide bonds. The summed E-state index contributed by atoms with van der Waals surface area (Å²) in [6.07, 6.45) is -1.47. The summed E-state index contributed by atoms with van der Waals surface area (Å²) in [4.78, 5) is 31.8. The molecule has 0 aliphatic carbocycles. The van der Waals surface area contributed by atoms with E-state index in [0.29, 0.717) is 24.9 Å². The highest BCUT2D eigenvalue weighted by Gasteiger charge is 2.35. The first-order chi connectivity index (χ1) is 13.5. The third-order valence-electron chi connectivity index (χ3n) is 4.95. The number of likely N-dealkylation sites (tertiary alicyclic amines) is 1. The molecule has 4 rings (SSSR count). The number of hydrogen-bond donors (Lipinski definition) is 1. The fourth-order valence-corrected chi connectivity index (χ4v) is 3.71. The van der Waals surface area contributed by atoms with Crippen molar-refractivity contribution in [2.75, 3.05) is 6.54 Å². The van der Waals surface area contributed by atoms with Crippen molar-refractivity contribution in [2.45, 2.75) is 38.8 Å². The molecule has 9 heteroatoms. The van der Waals surface area contributed by atoms with Crippen molar-refractivity contribution in [2.24, 2.45) is 0 Å². The van der Waals surface area contributed by atoms with Gasteiger partial charge in [0.15, 0.2) is 0 Å². The molecule has 1 N–H and O–H groups in total. The zero-order chi connectivity index (χ0) is 19.8. The number of aryl methyl sites for hydroxylation is 1. The first-order valence-corrected chi connectivity index (χ1v) is 9.06. The number of halogens is 2. The quantitative estimate of drug-likeness (QED) is 0.746. The van der Waals surface area contributed by atoms with E-state index >= 15 is 0 Å². The normalized spacial score (nSPS) is 17.0. The number of benzene rings is 1. The molecule has 1 unspecified atom stereocenters. The van der Waals surface area contributed by atoms with Crippen LogP contribution in [0.3, 0.4) is 0 Å². The lowest BCUT2D eigenvalue weighted by atomic mass is 10.1. The Kier molecular flexibility index (Phi) is 4.66. The van der Waals surface area contributed by atoms with Crippen LogP contribution >= 0.6 is 0 Å². The molecule has 1 aromatic carbocycles. The number of rotatable bonds is 4. The number of carbonyl (C=O) groups excluding carboxylic acids is 1. The van der Waals surface area contributed by atoms with E-state index in [2.05, 4.69) is 15.2 Å². The van der Waals surface area contributed by atoms with Crippen LogP contribution in [0.1, 0.15) is 40.9 Å². The van der Waals surface area contributed by atoms with Crippen LogP contribution in [-0.2, 0) is 6.54 Å². The zero-order valence-corrected chi connectivity index (χ0v) is 15.2. The summed E-state index contributed by atoms with van der Waals surface area (Å²) in [7, 11) is 0. The van der Waals surface area contributed by atoms with Crippen LogP contribution in [0.15, 0.2) is 35.1 Å². The Balaban J connectivity index is 1.82. The largest absolute Gasteiger partial charge is 0.327 e. The van der Waals surface area contributed by atoms with Crippen LogP contribution in [0, 0.1) is 6.92 Å². The average Bonchev–Trinajstić information content (AvgIpc) is 3.32. The van der Waals surface area contributed by atoms with Gasteiger partial charge >= 0.3 is 0 Å². The van der Waals surface area contributed by atoms with E-state index in [-0.39, 0.29) is 22.8 Å². The molecule has 1 saturated heterocycles. The van der Waals surface area contributed by atoms with Gasteiger partial charge in [-0.05, 0) is 38.0 Å². The van der Waals surface area contributed by atoms with Crippen molar-refractivity contribution < 1.29 is 13.6 Å². The van der Waals surface area contributed by atoms with Gasteiger partial charge in [-0.2, -0.15) is 5.10 Å². The molecule has 7 nitrogen and oxygen atoms in total. The molecule has 0 spiro atoms. The minimum atomic E-state index is -2.71. The molecule has 28 heavy (non-hydrogen) atoms. The molecule has 146 valence electrons. The minimum absolute atomic E-state index is 0.196. The summed E-state index contributed by atoms with van der Waals surface area (Å²) in [5, 5.41) is 7.02. The van der Waals surface area contributed by atoms with E-state index in [1.807, 2.05) is 0 Å². The van der Waals surface area contributed by atoms with Gasteiger partial charge in [-0.1, -0.05) is 12.1 Å². The van der Waals surface area contributed by atoms with Gasteiger partial charge in [-0.3, -0.25) is 19.3 Å². The van der Waals surface area contributed by atoms with Gasteiger partial charge in [0.2, 0.25) is 0 Å². The second-order valence-electron chi connectivity index (χ2n) is 6.89. The highest BCUT2D eigenvalue weighted by Crippen LogP contribution is 2.32. The number of carbonyl (C=O) groups is 1. The topological polar surface area (TPSA) is 83.9 Å². The highest BCUT2D eigenvalue weighted by molar-refractivity contribution is 5.92. The Hall–Kier alpha value is -3.10. The molecule has 1 aliphatic heterocycles. The Morgan fingerprint density at radius 2 is 2.14 bits per heavy atom. The van der Waals surface area contributed by atoms with Gasteiger partial charge in [0.1, 0.15) is 11.5 Å². The summed E-state index contributed by atoms with van der Waals surface area (Å²) >= 11 is 0. The van der Waals surface area contributed by atoms with E-state index in [1.54, 1.807) is 42.2 Å². The first-order valence-electron chi connectivity index (χ1n) is 9.06. The summed E-state index contributed by atoms with van der Waals surface area (Å²) in [6.45, 7) is 1.48. The van der Waals surface area contributed by atoms with E-state index in [9.17, 15) is 18.4 Å². The fraction of sp³-hybridized carbons (Fsp3) is 0.368. The van der Waals surface area contributed by atoms with Crippen molar-refractivity contribution in [1.29, 1.82) is 0 Å². The number of hydrogen-bond acceptors (Lipinski definition) is 4. The maximum atomic E-state index is 13.2. The third kappa shape index (κ3) is 3.17. The fourth-order valence-electron chi connectivity index (χ4n) is 3.71. The number of nitrogens with one attached hydrogen (secondary N) is 1. The van der Waals surface area contributed by atoms with E-state index in [4.69, 9.17) is 0 Å². The van der Waals surface area contributed by atoms with Gasteiger partial charge < -0.3 is 4.90 Å². The van der Waals surface area contributed by atoms with Crippen molar-refractivity contribution >= 4 is 16.8 Å². The molecule has 2 aromatic heterocycles. The number of H-pyrrole nitrogens is 1. The highest BCUT2D eigenvalue weighted by atomic mass is 19.3. The first kappa shape index (κ1) is 18.3. The van der Waals surface area contributed by atoms with E-state index in [1.165, 1.54) is 0 Å².